The van der Waals surface area contributed by atoms with Gasteiger partial charge in [-0.05, 0) is 55.7 Å². The van der Waals surface area contributed by atoms with E-state index in [0.717, 1.165) is 43.4 Å². The second kappa shape index (κ2) is 13.5. The van der Waals surface area contributed by atoms with Crippen LogP contribution in [0.3, 0.4) is 0 Å². The van der Waals surface area contributed by atoms with Crippen molar-refractivity contribution in [3.8, 4) is 22.8 Å². The molecule has 0 bridgehead atoms. The van der Waals surface area contributed by atoms with Crippen molar-refractivity contribution in [1.82, 2.24) is 20.4 Å². The summed E-state index contributed by atoms with van der Waals surface area (Å²) in [7, 11) is 3.25. The highest BCUT2D eigenvalue weighted by Crippen LogP contribution is 2.39. The molecule has 8 heteroatoms. The number of benzene rings is 1. The molecular formula is C29H44N4O4. The molecule has 1 aromatic carbocycles. The largest absolute Gasteiger partial charge is 0.496 e. The fourth-order valence-corrected chi connectivity index (χ4v) is 4.85. The van der Waals surface area contributed by atoms with Crippen LogP contribution in [0.4, 0.5) is 0 Å². The Bertz CT molecular complexity index is 1020. The van der Waals surface area contributed by atoms with Crippen molar-refractivity contribution in [3.05, 3.63) is 30.0 Å². The standard InChI is InChI=1S/C29H44N4O4/c1-7-20(8-2)18-33-24(28-25(36-5)13-10-14-26(28)37-6)17-23(32-33)29(35)31-22(15-19(3)4)16-27(34)30-21-11-9-12-21/h10,13-14,17,19-22H,7-9,11-12,15-16,18H2,1-6H3,(H,30,34)(H,31,35)/t22-/m0/s1. The van der Waals surface area contributed by atoms with E-state index in [1.807, 2.05) is 22.9 Å². The molecule has 1 fully saturated rings. The van der Waals surface area contributed by atoms with Crippen molar-refractivity contribution >= 4 is 11.8 Å². The molecule has 0 saturated heterocycles. The molecule has 0 unspecified atom stereocenters. The third kappa shape index (κ3) is 7.49. The molecule has 204 valence electrons. The summed E-state index contributed by atoms with van der Waals surface area (Å²) in [5.74, 6) is 1.78. The van der Waals surface area contributed by atoms with E-state index in [1.54, 1.807) is 20.3 Å². The summed E-state index contributed by atoms with van der Waals surface area (Å²) in [6.45, 7) is 9.20. The number of carbonyl (C=O) groups excluding carboxylic acids is 2. The first-order chi connectivity index (χ1) is 17.8. The van der Waals surface area contributed by atoms with Crippen LogP contribution in [0.5, 0.6) is 11.5 Å². The van der Waals surface area contributed by atoms with E-state index in [2.05, 4.69) is 38.3 Å². The summed E-state index contributed by atoms with van der Waals surface area (Å²) in [5, 5.41) is 10.9. The quantitative estimate of drug-likeness (QED) is 0.363. The number of hydrogen-bond donors (Lipinski definition) is 2. The van der Waals surface area contributed by atoms with Gasteiger partial charge in [0.15, 0.2) is 5.69 Å². The molecule has 1 atom stereocenters. The lowest BCUT2D eigenvalue weighted by Gasteiger charge is -2.27. The molecule has 0 spiro atoms. The van der Waals surface area contributed by atoms with E-state index >= 15 is 0 Å². The maximum Gasteiger partial charge on any atom is 0.272 e. The van der Waals surface area contributed by atoms with E-state index in [-0.39, 0.29) is 30.3 Å². The summed E-state index contributed by atoms with van der Waals surface area (Å²) in [4.78, 5) is 26.1. The average Bonchev–Trinajstić information content (AvgIpc) is 3.27. The van der Waals surface area contributed by atoms with Crippen LogP contribution in [0.1, 0.15) is 83.1 Å². The zero-order chi connectivity index (χ0) is 26.9. The Morgan fingerprint density at radius 1 is 1.11 bits per heavy atom. The predicted molar refractivity (Wildman–Crippen MR) is 146 cm³/mol. The lowest BCUT2D eigenvalue weighted by Crippen LogP contribution is -2.44. The van der Waals surface area contributed by atoms with Crippen LogP contribution in [0.15, 0.2) is 24.3 Å². The van der Waals surface area contributed by atoms with Gasteiger partial charge >= 0.3 is 0 Å². The SMILES string of the molecule is CCC(CC)Cn1nc(C(=O)N[C@H](CC(=O)NC2CCC2)CC(C)C)cc1-c1c(OC)cccc1OC. The Kier molecular flexibility index (Phi) is 10.4. The van der Waals surface area contributed by atoms with Gasteiger partial charge in [-0.15, -0.1) is 0 Å². The Balaban J connectivity index is 1.90. The van der Waals surface area contributed by atoms with Crippen molar-refractivity contribution in [2.45, 2.75) is 91.3 Å². The third-order valence-electron chi connectivity index (χ3n) is 7.28. The first-order valence-electron chi connectivity index (χ1n) is 13.7. The summed E-state index contributed by atoms with van der Waals surface area (Å²) in [6, 6.07) is 7.46. The average molecular weight is 513 g/mol. The number of ether oxygens (including phenoxy) is 2. The van der Waals surface area contributed by atoms with E-state index in [9.17, 15) is 9.59 Å². The van der Waals surface area contributed by atoms with Crippen molar-refractivity contribution in [2.24, 2.45) is 11.8 Å². The maximum atomic E-state index is 13.5. The summed E-state index contributed by atoms with van der Waals surface area (Å²) < 4.78 is 13.2. The van der Waals surface area contributed by atoms with Crippen molar-refractivity contribution < 1.29 is 19.1 Å². The van der Waals surface area contributed by atoms with Gasteiger partial charge in [-0.3, -0.25) is 14.3 Å². The maximum absolute atomic E-state index is 13.5. The van der Waals surface area contributed by atoms with Crippen LogP contribution in [0, 0.1) is 11.8 Å². The molecule has 2 N–H and O–H groups in total. The zero-order valence-corrected chi connectivity index (χ0v) is 23.3. The van der Waals surface area contributed by atoms with Crippen LogP contribution in [-0.4, -0.2) is 47.9 Å². The van der Waals surface area contributed by atoms with Gasteiger partial charge in [0.2, 0.25) is 5.91 Å². The second-order valence-corrected chi connectivity index (χ2v) is 10.5. The number of nitrogens with one attached hydrogen (secondary N) is 2. The third-order valence-corrected chi connectivity index (χ3v) is 7.28. The van der Waals surface area contributed by atoms with Gasteiger partial charge in [0.1, 0.15) is 11.5 Å². The highest BCUT2D eigenvalue weighted by Gasteiger charge is 2.26. The molecule has 2 amide bonds. The second-order valence-electron chi connectivity index (χ2n) is 10.5. The van der Waals surface area contributed by atoms with Crippen LogP contribution in [0.2, 0.25) is 0 Å². The fourth-order valence-electron chi connectivity index (χ4n) is 4.85. The van der Waals surface area contributed by atoms with E-state index in [0.29, 0.717) is 42.0 Å². The highest BCUT2D eigenvalue weighted by molar-refractivity contribution is 5.94. The molecule has 1 saturated carbocycles. The molecule has 0 radical (unpaired) electrons. The van der Waals surface area contributed by atoms with Crippen LogP contribution in [0.25, 0.3) is 11.3 Å². The van der Waals surface area contributed by atoms with E-state index in [1.165, 1.54) is 0 Å². The zero-order valence-electron chi connectivity index (χ0n) is 23.3. The van der Waals surface area contributed by atoms with Gasteiger partial charge in [0, 0.05) is 25.0 Å². The number of nitrogens with zero attached hydrogens (tertiary/aromatic N) is 2. The number of methoxy groups -OCH3 is 2. The number of aromatic nitrogens is 2. The van der Waals surface area contributed by atoms with Crippen LogP contribution >= 0.6 is 0 Å². The van der Waals surface area contributed by atoms with Gasteiger partial charge in [0.05, 0.1) is 25.5 Å². The van der Waals surface area contributed by atoms with Crippen molar-refractivity contribution in [3.63, 3.8) is 0 Å². The summed E-state index contributed by atoms with van der Waals surface area (Å²) in [6.07, 6.45) is 6.23. The van der Waals surface area contributed by atoms with Gasteiger partial charge in [0.25, 0.3) is 5.91 Å². The molecule has 1 aliphatic rings. The molecule has 8 nitrogen and oxygen atoms in total. The van der Waals surface area contributed by atoms with Gasteiger partial charge in [-0.1, -0.05) is 46.6 Å². The minimum absolute atomic E-state index is 0.00522. The first-order valence-corrected chi connectivity index (χ1v) is 13.7. The Morgan fingerprint density at radius 2 is 1.76 bits per heavy atom. The molecule has 1 aromatic heterocycles. The highest BCUT2D eigenvalue weighted by atomic mass is 16.5. The normalized spacial score (nSPS) is 14.4. The van der Waals surface area contributed by atoms with Crippen LogP contribution in [-0.2, 0) is 11.3 Å². The van der Waals surface area contributed by atoms with Gasteiger partial charge in [-0.2, -0.15) is 5.10 Å². The molecule has 3 rings (SSSR count). The monoisotopic (exact) mass is 512 g/mol. The Labute approximate surface area is 221 Å². The summed E-state index contributed by atoms with van der Waals surface area (Å²) >= 11 is 0. The minimum Gasteiger partial charge on any atom is -0.496 e. The lowest BCUT2D eigenvalue weighted by atomic mass is 9.92. The minimum atomic E-state index is -0.277. The molecule has 0 aliphatic heterocycles. The number of rotatable bonds is 14. The van der Waals surface area contributed by atoms with Gasteiger partial charge < -0.3 is 20.1 Å². The molecular weight excluding hydrogens is 468 g/mol. The van der Waals surface area contributed by atoms with Crippen LogP contribution < -0.4 is 20.1 Å². The van der Waals surface area contributed by atoms with Gasteiger partial charge in [-0.25, -0.2) is 0 Å². The number of amides is 2. The molecule has 37 heavy (non-hydrogen) atoms. The smallest absolute Gasteiger partial charge is 0.272 e. The molecule has 2 aromatic rings. The predicted octanol–water partition coefficient (Wildman–Crippen LogP) is 5.21. The Hall–Kier alpha value is -3.03. The van der Waals surface area contributed by atoms with Crippen molar-refractivity contribution in [1.29, 1.82) is 0 Å². The number of hydrogen-bond acceptors (Lipinski definition) is 5. The number of carbonyl (C=O) groups is 2. The summed E-state index contributed by atoms with van der Waals surface area (Å²) in [5.41, 5.74) is 1.86. The Morgan fingerprint density at radius 3 is 2.27 bits per heavy atom. The lowest BCUT2D eigenvalue weighted by molar-refractivity contribution is -0.122. The fraction of sp³-hybridized carbons (Fsp3) is 0.621. The van der Waals surface area contributed by atoms with Crippen molar-refractivity contribution in [2.75, 3.05) is 14.2 Å². The van der Waals surface area contributed by atoms with E-state index < -0.39 is 0 Å². The topological polar surface area (TPSA) is 94.5 Å². The molecule has 1 heterocycles. The van der Waals surface area contributed by atoms with E-state index in [4.69, 9.17) is 14.6 Å². The molecule has 1 aliphatic carbocycles. The first kappa shape index (κ1) is 28.5.